The van der Waals surface area contributed by atoms with Gasteiger partial charge < -0.3 is 14.6 Å². The fourth-order valence-electron chi connectivity index (χ4n) is 4.28. The van der Waals surface area contributed by atoms with Crippen LogP contribution in [0.3, 0.4) is 0 Å². The molecule has 1 N–H and O–H groups in total. The number of aliphatic carboxylic acids is 1. The van der Waals surface area contributed by atoms with Crippen LogP contribution in [-0.2, 0) is 16.0 Å². The van der Waals surface area contributed by atoms with Gasteiger partial charge in [-0.2, -0.15) is 0 Å². The van der Waals surface area contributed by atoms with Crippen LogP contribution in [0, 0.1) is 13.8 Å². The second-order valence-electron chi connectivity index (χ2n) is 9.35. The van der Waals surface area contributed by atoms with E-state index in [1.807, 2.05) is 65.0 Å². The van der Waals surface area contributed by atoms with E-state index in [0.717, 1.165) is 51.7 Å². The maximum absolute atomic E-state index is 12.4. The Morgan fingerprint density at radius 2 is 1.97 bits per heavy atom. The van der Waals surface area contributed by atoms with Gasteiger partial charge in [-0.3, -0.25) is 4.98 Å². The van der Waals surface area contributed by atoms with Crippen molar-refractivity contribution in [1.29, 1.82) is 0 Å². The molecule has 1 aliphatic heterocycles. The van der Waals surface area contributed by atoms with Crippen molar-refractivity contribution in [1.82, 2.24) is 4.98 Å². The number of carboxylic acids is 1. The molecule has 1 atom stereocenters. The summed E-state index contributed by atoms with van der Waals surface area (Å²) in [5.41, 5.74) is 4.95. The van der Waals surface area contributed by atoms with Gasteiger partial charge in [-0.1, -0.05) is 23.7 Å². The minimum atomic E-state index is -1.19. The minimum Gasteiger partial charge on any atom is -0.493 e. The smallest absolute Gasteiger partial charge is 0.337 e. The second kappa shape index (κ2) is 8.38. The van der Waals surface area contributed by atoms with Crippen molar-refractivity contribution in [3.63, 3.8) is 0 Å². The van der Waals surface area contributed by atoms with Crippen molar-refractivity contribution >= 4 is 28.5 Å². The molecule has 5 nitrogen and oxygen atoms in total. The molecule has 0 unspecified atom stereocenters. The quantitative estimate of drug-likeness (QED) is 0.492. The Labute approximate surface area is 193 Å². The van der Waals surface area contributed by atoms with Crippen LogP contribution in [0.15, 0.2) is 30.3 Å². The van der Waals surface area contributed by atoms with Crippen molar-refractivity contribution in [2.75, 3.05) is 6.61 Å². The average molecular weight is 454 g/mol. The number of benzene rings is 2. The zero-order chi connectivity index (χ0) is 23.2. The number of rotatable bonds is 4. The number of ether oxygens (including phenoxy) is 2. The van der Waals surface area contributed by atoms with Crippen molar-refractivity contribution < 1.29 is 19.4 Å². The largest absolute Gasteiger partial charge is 0.493 e. The summed E-state index contributed by atoms with van der Waals surface area (Å²) in [6.07, 6.45) is 0.629. The number of carboxylic acid groups (broad SMARTS) is 1. The Hall–Kier alpha value is -2.63. The number of nitrogens with zero attached hydrogens (tertiary/aromatic N) is 1. The lowest BCUT2D eigenvalue weighted by Gasteiger charge is -2.28. The Morgan fingerprint density at radius 1 is 1.22 bits per heavy atom. The molecule has 4 rings (SSSR count). The van der Waals surface area contributed by atoms with Crippen LogP contribution in [0.4, 0.5) is 0 Å². The van der Waals surface area contributed by atoms with E-state index in [2.05, 4.69) is 0 Å². The van der Waals surface area contributed by atoms with Gasteiger partial charge in [0.2, 0.25) is 0 Å². The van der Waals surface area contributed by atoms with Crippen molar-refractivity contribution in [2.24, 2.45) is 0 Å². The van der Waals surface area contributed by atoms with E-state index in [1.165, 1.54) is 0 Å². The molecule has 0 aliphatic carbocycles. The summed E-state index contributed by atoms with van der Waals surface area (Å²) in [6.45, 7) is 10.1. The first-order chi connectivity index (χ1) is 15.0. The highest BCUT2D eigenvalue weighted by molar-refractivity contribution is 6.34. The molecule has 168 valence electrons. The Balaban J connectivity index is 2.08. The van der Waals surface area contributed by atoms with Crippen molar-refractivity contribution in [2.45, 2.75) is 59.2 Å². The molecule has 0 radical (unpaired) electrons. The number of hydrogen-bond donors (Lipinski definition) is 1. The van der Waals surface area contributed by atoms with E-state index in [9.17, 15) is 9.90 Å². The molecule has 1 aliphatic rings. The number of hydrogen-bond acceptors (Lipinski definition) is 4. The van der Waals surface area contributed by atoms with Gasteiger partial charge in [0.1, 0.15) is 5.75 Å². The maximum atomic E-state index is 12.4. The summed E-state index contributed by atoms with van der Waals surface area (Å²) in [6, 6.07) is 9.86. The summed E-state index contributed by atoms with van der Waals surface area (Å²) in [4.78, 5) is 17.2. The zero-order valence-electron chi connectivity index (χ0n) is 19.1. The first-order valence-electron chi connectivity index (χ1n) is 10.8. The van der Waals surface area contributed by atoms with Crippen LogP contribution in [0.25, 0.3) is 22.0 Å². The lowest BCUT2D eigenvalue weighted by atomic mass is 9.89. The number of aromatic nitrogens is 1. The third kappa shape index (κ3) is 4.32. The second-order valence-corrected chi connectivity index (χ2v) is 9.75. The maximum Gasteiger partial charge on any atom is 0.337 e. The van der Waals surface area contributed by atoms with Gasteiger partial charge >= 0.3 is 5.97 Å². The van der Waals surface area contributed by atoms with E-state index < -0.39 is 17.7 Å². The number of fused-ring (bicyclic) bond motifs is 2. The zero-order valence-corrected chi connectivity index (χ0v) is 19.8. The molecule has 0 fully saturated rings. The minimum absolute atomic E-state index is 0.513. The molecule has 2 aromatic carbocycles. The normalized spacial score (nSPS) is 14.7. The first-order valence-corrected chi connectivity index (χ1v) is 11.2. The monoisotopic (exact) mass is 453 g/mol. The number of halogens is 1. The van der Waals surface area contributed by atoms with Crippen LogP contribution in [0.5, 0.6) is 5.75 Å². The average Bonchev–Trinajstić information content (AvgIpc) is 2.70. The van der Waals surface area contributed by atoms with Crippen LogP contribution >= 0.6 is 11.6 Å². The van der Waals surface area contributed by atoms with Gasteiger partial charge in [0, 0.05) is 27.8 Å². The van der Waals surface area contributed by atoms with Gasteiger partial charge in [-0.15, -0.1) is 0 Å². The molecule has 32 heavy (non-hydrogen) atoms. The van der Waals surface area contributed by atoms with Crippen LogP contribution < -0.4 is 4.74 Å². The van der Waals surface area contributed by atoms with Crippen LogP contribution in [0.1, 0.15) is 55.7 Å². The van der Waals surface area contributed by atoms with Crippen molar-refractivity contribution in [3.05, 3.63) is 57.7 Å². The summed E-state index contributed by atoms with van der Waals surface area (Å²) in [5.74, 6) is -0.270. The molecule has 2 heterocycles. The predicted octanol–water partition coefficient (Wildman–Crippen LogP) is 6.44. The number of aryl methyl sites for hydroxylation is 3. The molecule has 0 saturated heterocycles. The summed E-state index contributed by atoms with van der Waals surface area (Å²) < 4.78 is 11.8. The summed E-state index contributed by atoms with van der Waals surface area (Å²) in [7, 11) is 0. The standard InChI is InChI=1S/C26H28ClNO4/c1-14-8-9-17-20(11-14)28-15(2)22(24(25(29)30)32-26(3,4)5)23(17)18-12-16-7-6-10-31-21(16)13-19(18)27/h8-9,11-13,24H,6-7,10H2,1-5H3,(H,29,30)/t24-/m0/s1. The van der Waals surface area contributed by atoms with Gasteiger partial charge in [-0.25, -0.2) is 4.79 Å². The van der Waals surface area contributed by atoms with E-state index in [0.29, 0.717) is 22.9 Å². The lowest BCUT2D eigenvalue weighted by Crippen LogP contribution is -2.28. The highest BCUT2D eigenvalue weighted by atomic mass is 35.5. The Kier molecular flexibility index (Phi) is 5.91. The van der Waals surface area contributed by atoms with Crippen LogP contribution in [0.2, 0.25) is 5.02 Å². The van der Waals surface area contributed by atoms with Crippen molar-refractivity contribution in [3.8, 4) is 16.9 Å². The van der Waals surface area contributed by atoms with Gasteiger partial charge in [-0.05, 0) is 76.8 Å². The summed E-state index contributed by atoms with van der Waals surface area (Å²) in [5, 5.41) is 11.5. The molecule has 3 aromatic rings. The molecule has 6 heteroatoms. The fraction of sp³-hybridized carbons (Fsp3) is 0.385. The molecule has 0 saturated carbocycles. The van der Waals surface area contributed by atoms with Gasteiger partial charge in [0.05, 0.1) is 22.7 Å². The molecule has 0 amide bonds. The van der Waals surface area contributed by atoms with E-state index in [-0.39, 0.29) is 0 Å². The summed E-state index contributed by atoms with van der Waals surface area (Å²) >= 11 is 6.78. The van der Waals surface area contributed by atoms with Crippen LogP contribution in [-0.4, -0.2) is 28.3 Å². The van der Waals surface area contributed by atoms with Gasteiger partial charge in [0.25, 0.3) is 0 Å². The lowest BCUT2D eigenvalue weighted by molar-refractivity contribution is -0.160. The van der Waals surface area contributed by atoms with E-state index >= 15 is 0 Å². The molecule has 0 spiro atoms. The number of carbonyl (C=O) groups is 1. The Morgan fingerprint density at radius 3 is 2.66 bits per heavy atom. The Bertz CT molecular complexity index is 1210. The molecule has 1 aromatic heterocycles. The third-order valence-electron chi connectivity index (χ3n) is 5.60. The highest BCUT2D eigenvalue weighted by Crippen LogP contribution is 2.44. The van der Waals surface area contributed by atoms with E-state index in [4.69, 9.17) is 26.1 Å². The third-order valence-corrected chi connectivity index (χ3v) is 5.91. The predicted molar refractivity (Wildman–Crippen MR) is 127 cm³/mol. The number of pyridine rings is 1. The SMILES string of the molecule is Cc1ccc2c(-c3cc4c(cc3Cl)OCCC4)c([C@H](OC(C)(C)C)C(=O)O)c(C)nc2c1. The topological polar surface area (TPSA) is 68.7 Å². The fourth-order valence-corrected chi connectivity index (χ4v) is 4.52. The van der Waals surface area contributed by atoms with Gasteiger partial charge in [0.15, 0.2) is 6.10 Å². The highest BCUT2D eigenvalue weighted by Gasteiger charge is 2.33. The first kappa shape index (κ1) is 22.6. The van der Waals surface area contributed by atoms with E-state index in [1.54, 1.807) is 0 Å². The molecule has 0 bridgehead atoms. The molecular weight excluding hydrogens is 426 g/mol. The molecular formula is C26H28ClNO4.